The second-order valence-corrected chi connectivity index (χ2v) is 19.9. The minimum Gasteiger partial charge on any atom is -0.394 e. The zero-order chi connectivity index (χ0) is 44.4. The average molecular weight is 865 g/mol. The molecule has 0 aromatic carbocycles. The topological polar surface area (TPSA) is 89.8 Å². The maximum absolute atomic E-state index is 12.5. The first-order valence-electron chi connectivity index (χ1n) is 28.3. The highest BCUT2D eigenvalue weighted by Crippen LogP contribution is 2.19. The molecule has 3 atom stereocenters. The Morgan fingerprint density at radius 3 is 0.787 bits per heavy atom. The van der Waals surface area contributed by atoms with Crippen LogP contribution in [0.15, 0.2) is 0 Å². The standard InChI is InChI=1S/C56H113NO4/c1-3-5-7-9-11-13-15-16-17-18-19-20-21-22-23-24-25-26-27-28-29-30-31-32-33-34-35-36-37-38-39-41-43-45-47-49-51-55(60)57-53(52-58)56(61)54(59)50-48-46-44-42-40-14-12-10-8-6-4-2/h53-54,56,58-59,61H,3-52H2,1-2H3,(H,57,60)/t53-,54+,56-/m0/s1. The molecule has 0 radical (unpaired) electrons. The Bertz CT molecular complexity index is 822. The van der Waals surface area contributed by atoms with E-state index in [4.69, 9.17) is 0 Å². The van der Waals surface area contributed by atoms with Crippen molar-refractivity contribution in [1.82, 2.24) is 5.32 Å². The van der Waals surface area contributed by atoms with Crippen molar-refractivity contribution in [3.63, 3.8) is 0 Å². The number of rotatable bonds is 53. The third-order valence-electron chi connectivity index (χ3n) is 13.7. The van der Waals surface area contributed by atoms with Crippen LogP contribution in [-0.4, -0.2) is 46.1 Å². The lowest BCUT2D eigenvalue weighted by atomic mass is 9.99. The van der Waals surface area contributed by atoms with Crippen LogP contribution in [0.25, 0.3) is 0 Å². The molecular formula is C56H113NO4. The first-order valence-corrected chi connectivity index (χ1v) is 28.3. The second kappa shape index (κ2) is 52.0. The Balaban J connectivity index is 3.38. The first-order chi connectivity index (χ1) is 30.1. The van der Waals surface area contributed by atoms with Crippen LogP contribution in [0.1, 0.15) is 328 Å². The zero-order valence-electron chi connectivity index (χ0n) is 41.8. The lowest BCUT2D eigenvalue weighted by molar-refractivity contribution is -0.124. The van der Waals surface area contributed by atoms with Crippen molar-refractivity contribution in [3.05, 3.63) is 0 Å². The van der Waals surface area contributed by atoms with E-state index in [0.717, 1.165) is 38.5 Å². The summed E-state index contributed by atoms with van der Waals surface area (Å²) in [5.74, 6) is -0.138. The van der Waals surface area contributed by atoms with E-state index in [-0.39, 0.29) is 12.5 Å². The molecule has 0 spiro atoms. The summed E-state index contributed by atoms with van der Waals surface area (Å²) in [6, 6.07) is -0.803. The first kappa shape index (κ1) is 60.4. The van der Waals surface area contributed by atoms with E-state index in [1.54, 1.807) is 0 Å². The highest BCUT2D eigenvalue weighted by atomic mass is 16.3. The summed E-state index contributed by atoms with van der Waals surface area (Å²) >= 11 is 0. The van der Waals surface area contributed by atoms with Crippen LogP contribution in [-0.2, 0) is 4.79 Å². The van der Waals surface area contributed by atoms with Gasteiger partial charge in [-0.25, -0.2) is 0 Å². The summed E-state index contributed by atoms with van der Waals surface area (Å²) in [4.78, 5) is 12.5. The molecule has 1 amide bonds. The number of carbonyl (C=O) groups is 1. The number of unbranched alkanes of at least 4 members (excludes halogenated alkanes) is 45. The number of hydrogen-bond acceptors (Lipinski definition) is 4. The van der Waals surface area contributed by atoms with Gasteiger partial charge in [0.15, 0.2) is 0 Å². The Morgan fingerprint density at radius 2 is 0.557 bits per heavy atom. The van der Waals surface area contributed by atoms with Crippen molar-refractivity contribution in [3.8, 4) is 0 Å². The Kier molecular flexibility index (Phi) is 51.4. The number of aliphatic hydroxyl groups excluding tert-OH is 3. The molecule has 5 heteroatoms. The van der Waals surface area contributed by atoms with Crippen LogP contribution in [0.5, 0.6) is 0 Å². The van der Waals surface area contributed by atoms with Gasteiger partial charge in [-0.15, -0.1) is 0 Å². The van der Waals surface area contributed by atoms with E-state index in [2.05, 4.69) is 19.2 Å². The summed E-state index contributed by atoms with van der Waals surface area (Å²) in [6.07, 6.45) is 62.9. The lowest BCUT2D eigenvalue weighted by Gasteiger charge is -2.26. The molecule has 0 heterocycles. The molecule has 5 nitrogen and oxygen atoms in total. The molecule has 0 saturated heterocycles. The highest BCUT2D eigenvalue weighted by Gasteiger charge is 2.26. The second-order valence-electron chi connectivity index (χ2n) is 19.9. The van der Waals surface area contributed by atoms with E-state index in [1.165, 1.54) is 263 Å². The van der Waals surface area contributed by atoms with Gasteiger partial charge >= 0.3 is 0 Å². The molecule has 61 heavy (non-hydrogen) atoms. The van der Waals surface area contributed by atoms with Crippen molar-refractivity contribution in [1.29, 1.82) is 0 Å². The van der Waals surface area contributed by atoms with E-state index in [0.29, 0.717) is 12.8 Å². The number of amides is 1. The van der Waals surface area contributed by atoms with Crippen LogP contribution in [0.4, 0.5) is 0 Å². The molecule has 0 aliphatic carbocycles. The van der Waals surface area contributed by atoms with Crippen molar-refractivity contribution in [2.45, 2.75) is 347 Å². The monoisotopic (exact) mass is 864 g/mol. The van der Waals surface area contributed by atoms with Crippen molar-refractivity contribution in [2.24, 2.45) is 0 Å². The molecule has 4 N–H and O–H groups in total. The van der Waals surface area contributed by atoms with Crippen LogP contribution >= 0.6 is 0 Å². The molecule has 0 aliphatic rings. The maximum Gasteiger partial charge on any atom is 0.220 e. The maximum atomic E-state index is 12.5. The third kappa shape index (κ3) is 47.1. The average Bonchev–Trinajstić information content (AvgIpc) is 3.26. The summed E-state index contributed by atoms with van der Waals surface area (Å²) in [7, 11) is 0. The van der Waals surface area contributed by atoms with E-state index in [1.807, 2.05) is 0 Å². The summed E-state index contributed by atoms with van der Waals surface area (Å²) in [5.41, 5.74) is 0. The molecule has 0 unspecified atom stereocenters. The van der Waals surface area contributed by atoms with Crippen LogP contribution in [0.2, 0.25) is 0 Å². The van der Waals surface area contributed by atoms with E-state index >= 15 is 0 Å². The third-order valence-corrected chi connectivity index (χ3v) is 13.7. The predicted molar refractivity (Wildman–Crippen MR) is 269 cm³/mol. The van der Waals surface area contributed by atoms with Crippen molar-refractivity contribution in [2.75, 3.05) is 6.61 Å². The molecule has 0 aliphatic heterocycles. The van der Waals surface area contributed by atoms with Gasteiger partial charge in [-0.3, -0.25) is 4.79 Å². The van der Waals surface area contributed by atoms with Crippen LogP contribution in [0.3, 0.4) is 0 Å². The van der Waals surface area contributed by atoms with Gasteiger partial charge in [0, 0.05) is 6.42 Å². The lowest BCUT2D eigenvalue weighted by Crippen LogP contribution is -2.50. The molecule has 0 aromatic rings. The van der Waals surface area contributed by atoms with Gasteiger partial charge in [-0.05, 0) is 12.8 Å². The largest absolute Gasteiger partial charge is 0.394 e. The minimum absolute atomic E-state index is 0.138. The molecule has 0 fully saturated rings. The van der Waals surface area contributed by atoms with Crippen molar-refractivity contribution < 1.29 is 20.1 Å². The van der Waals surface area contributed by atoms with Gasteiger partial charge in [0.2, 0.25) is 5.91 Å². The van der Waals surface area contributed by atoms with Gasteiger partial charge in [-0.1, -0.05) is 309 Å². The van der Waals surface area contributed by atoms with E-state index < -0.39 is 18.2 Å². The summed E-state index contributed by atoms with van der Waals surface area (Å²) < 4.78 is 0. The van der Waals surface area contributed by atoms with Crippen LogP contribution in [0, 0.1) is 0 Å². The Hall–Kier alpha value is -0.650. The Labute approximate surface area is 383 Å². The molecule has 366 valence electrons. The predicted octanol–water partition coefficient (Wildman–Crippen LogP) is 17.3. The molecule has 0 bridgehead atoms. The highest BCUT2D eigenvalue weighted by molar-refractivity contribution is 5.76. The van der Waals surface area contributed by atoms with Gasteiger partial charge in [-0.2, -0.15) is 0 Å². The quantitative estimate of drug-likeness (QED) is 0.0459. The van der Waals surface area contributed by atoms with Crippen LogP contribution < -0.4 is 5.32 Å². The summed E-state index contributed by atoms with van der Waals surface area (Å²) in [6.45, 7) is 4.20. The number of carbonyl (C=O) groups excluding carboxylic acids is 1. The minimum atomic E-state index is -1.13. The number of hydrogen-bond donors (Lipinski definition) is 4. The van der Waals surface area contributed by atoms with Gasteiger partial charge in [0.1, 0.15) is 6.10 Å². The fraction of sp³-hybridized carbons (Fsp3) is 0.982. The number of aliphatic hydroxyl groups is 3. The number of nitrogens with one attached hydrogen (secondary N) is 1. The zero-order valence-corrected chi connectivity index (χ0v) is 41.8. The summed E-state index contributed by atoms with van der Waals surface area (Å²) in [5, 5.41) is 33.6. The van der Waals surface area contributed by atoms with Gasteiger partial charge in [0.05, 0.1) is 18.8 Å². The fourth-order valence-corrected chi connectivity index (χ4v) is 9.34. The normalized spacial score (nSPS) is 13.2. The smallest absolute Gasteiger partial charge is 0.220 e. The van der Waals surface area contributed by atoms with Gasteiger partial charge in [0.25, 0.3) is 0 Å². The molecule has 0 aromatic heterocycles. The molecule has 0 saturated carbocycles. The molecule has 0 rings (SSSR count). The Morgan fingerprint density at radius 1 is 0.344 bits per heavy atom. The van der Waals surface area contributed by atoms with E-state index in [9.17, 15) is 20.1 Å². The van der Waals surface area contributed by atoms with Crippen molar-refractivity contribution >= 4 is 5.91 Å². The molecular weight excluding hydrogens is 751 g/mol. The fourth-order valence-electron chi connectivity index (χ4n) is 9.34. The SMILES string of the molecule is CCCCCCCCCCCCCCCCCCCCCCCCCCCCCCCCCCCCCCC(=O)N[C@@H](CO)[C@H](O)[C@H](O)CCCCCCCCCCCCC. The van der Waals surface area contributed by atoms with Gasteiger partial charge < -0.3 is 20.6 Å².